The summed E-state index contributed by atoms with van der Waals surface area (Å²) in [5.74, 6) is 0. The van der Waals surface area contributed by atoms with Gasteiger partial charge in [0.2, 0.25) is 0 Å². The summed E-state index contributed by atoms with van der Waals surface area (Å²) < 4.78 is 7.03. The number of pyridine rings is 1. The predicted molar refractivity (Wildman–Crippen MR) is 85.7 cm³/mol. The van der Waals surface area contributed by atoms with Crippen LogP contribution in [0.15, 0.2) is 53.5 Å². The quantitative estimate of drug-likeness (QED) is 0.850. The highest BCUT2D eigenvalue weighted by Gasteiger charge is 2.11. The van der Waals surface area contributed by atoms with Crippen LogP contribution in [0.3, 0.4) is 0 Å². The van der Waals surface area contributed by atoms with Crippen molar-refractivity contribution in [1.29, 1.82) is 0 Å². The molecule has 0 saturated carbocycles. The highest BCUT2D eigenvalue weighted by molar-refractivity contribution is 5.43. The van der Waals surface area contributed by atoms with Crippen LogP contribution in [0, 0.1) is 0 Å². The molecule has 1 aromatic heterocycles. The van der Waals surface area contributed by atoms with Gasteiger partial charge >= 0.3 is 0 Å². The number of ether oxygens (including phenoxy) is 1. The van der Waals surface area contributed by atoms with Crippen molar-refractivity contribution in [3.8, 4) is 0 Å². The number of nitrogens with zero attached hydrogens (tertiary/aromatic N) is 1. The van der Waals surface area contributed by atoms with Gasteiger partial charge in [-0.1, -0.05) is 37.3 Å². The molecule has 0 radical (unpaired) electrons. The van der Waals surface area contributed by atoms with Crippen LogP contribution in [0.4, 0.5) is 5.69 Å². The van der Waals surface area contributed by atoms with Crippen molar-refractivity contribution in [1.82, 2.24) is 4.57 Å². The van der Waals surface area contributed by atoms with E-state index in [9.17, 15) is 4.79 Å². The van der Waals surface area contributed by atoms with Crippen LogP contribution in [0.1, 0.15) is 24.9 Å². The third-order valence-electron chi connectivity index (χ3n) is 3.32. The minimum Gasteiger partial charge on any atom is -0.382 e. The lowest BCUT2D eigenvalue weighted by molar-refractivity contribution is 0.186. The van der Waals surface area contributed by atoms with E-state index in [1.165, 1.54) is 0 Å². The summed E-state index contributed by atoms with van der Waals surface area (Å²) in [6, 6.07) is 13.6. The van der Waals surface area contributed by atoms with Gasteiger partial charge in [0, 0.05) is 25.9 Å². The summed E-state index contributed by atoms with van der Waals surface area (Å²) >= 11 is 0. The van der Waals surface area contributed by atoms with Crippen molar-refractivity contribution in [2.75, 3.05) is 19.0 Å². The maximum Gasteiger partial charge on any atom is 0.250 e. The fraction of sp³-hybridized carbons (Fsp3) is 0.353. The number of hydrogen-bond acceptors (Lipinski definition) is 3. The second kappa shape index (κ2) is 7.64. The van der Waals surface area contributed by atoms with Gasteiger partial charge in [-0.25, -0.2) is 0 Å². The van der Waals surface area contributed by atoms with Crippen molar-refractivity contribution < 1.29 is 4.74 Å². The Kier molecular flexibility index (Phi) is 5.58. The van der Waals surface area contributed by atoms with Gasteiger partial charge in [-0.05, 0) is 18.1 Å². The predicted octanol–water partition coefficient (Wildman–Crippen LogP) is 3.06. The first-order valence-electron chi connectivity index (χ1n) is 7.25. The SMILES string of the molecule is CCCn1cc(NC(COC)c2ccccc2)ccc1=O. The largest absolute Gasteiger partial charge is 0.382 e. The molecule has 0 aliphatic heterocycles. The first-order chi connectivity index (χ1) is 10.2. The van der Waals surface area contributed by atoms with Gasteiger partial charge in [-0.2, -0.15) is 0 Å². The van der Waals surface area contributed by atoms with E-state index >= 15 is 0 Å². The molecule has 21 heavy (non-hydrogen) atoms. The van der Waals surface area contributed by atoms with E-state index in [1.807, 2.05) is 30.5 Å². The summed E-state index contributed by atoms with van der Waals surface area (Å²) in [5, 5.41) is 3.44. The molecule has 4 nitrogen and oxygen atoms in total. The summed E-state index contributed by atoms with van der Waals surface area (Å²) in [7, 11) is 1.69. The Balaban J connectivity index is 2.21. The Morgan fingerprint density at radius 1 is 1.19 bits per heavy atom. The molecule has 112 valence electrons. The Morgan fingerprint density at radius 2 is 1.95 bits per heavy atom. The van der Waals surface area contributed by atoms with Crippen LogP contribution in [0.5, 0.6) is 0 Å². The van der Waals surface area contributed by atoms with Crippen molar-refractivity contribution >= 4 is 5.69 Å². The lowest BCUT2D eigenvalue weighted by Gasteiger charge is -2.20. The van der Waals surface area contributed by atoms with Crippen molar-refractivity contribution in [2.24, 2.45) is 0 Å². The number of methoxy groups -OCH3 is 1. The molecule has 1 aromatic carbocycles. The van der Waals surface area contributed by atoms with Crippen molar-refractivity contribution in [3.63, 3.8) is 0 Å². The summed E-state index contributed by atoms with van der Waals surface area (Å²) in [6.45, 7) is 3.36. The standard InChI is InChI=1S/C17H22N2O2/c1-3-11-19-12-15(9-10-17(19)20)18-16(13-21-2)14-7-5-4-6-8-14/h4-10,12,16,18H,3,11,13H2,1-2H3. The Labute approximate surface area is 125 Å². The number of aryl methyl sites for hydroxylation is 1. The molecule has 0 saturated heterocycles. The van der Waals surface area contributed by atoms with Crippen LogP contribution in [-0.4, -0.2) is 18.3 Å². The smallest absolute Gasteiger partial charge is 0.250 e. The molecule has 0 aliphatic carbocycles. The van der Waals surface area contributed by atoms with Crippen LogP contribution in [-0.2, 0) is 11.3 Å². The average molecular weight is 286 g/mol. The number of nitrogens with one attached hydrogen (secondary N) is 1. The molecule has 0 spiro atoms. The van der Waals surface area contributed by atoms with E-state index in [2.05, 4.69) is 24.4 Å². The van der Waals surface area contributed by atoms with Crippen LogP contribution >= 0.6 is 0 Å². The van der Waals surface area contributed by atoms with Gasteiger partial charge in [-0.3, -0.25) is 4.79 Å². The number of anilines is 1. The maximum atomic E-state index is 11.8. The second-order valence-corrected chi connectivity index (χ2v) is 5.01. The minimum atomic E-state index is 0.0328. The van der Waals surface area contributed by atoms with E-state index in [1.54, 1.807) is 17.7 Å². The third-order valence-corrected chi connectivity index (χ3v) is 3.32. The number of benzene rings is 1. The molecule has 0 aliphatic rings. The molecule has 0 amide bonds. The topological polar surface area (TPSA) is 43.3 Å². The van der Waals surface area contributed by atoms with Crippen molar-refractivity contribution in [3.05, 3.63) is 64.6 Å². The van der Waals surface area contributed by atoms with Gasteiger partial charge < -0.3 is 14.6 Å². The molecule has 0 bridgehead atoms. The lowest BCUT2D eigenvalue weighted by Crippen LogP contribution is -2.21. The summed E-state index contributed by atoms with van der Waals surface area (Å²) in [6.07, 6.45) is 2.81. The third kappa shape index (κ3) is 4.20. The molecule has 2 rings (SSSR count). The normalized spacial score (nSPS) is 12.1. The Bertz CT molecular complexity index is 608. The fourth-order valence-electron chi connectivity index (χ4n) is 2.31. The molecule has 0 fully saturated rings. The van der Waals surface area contributed by atoms with E-state index < -0.39 is 0 Å². The Hall–Kier alpha value is -2.07. The van der Waals surface area contributed by atoms with Crippen LogP contribution < -0.4 is 10.9 Å². The zero-order chi connectivity index (χ0) is 15.1. The minimum absolute atomic E-state index is 0.0328. The molecule has 1 N–H and O–H groups in total. The first kappa shape index (κ1) is 15.3. The highest BCUT2D eigenvalue weighted by atomic mass is 16.5. The molecule has 1 atom stereocenters. The summed E-state index contributed by atoms with van der Waals surface area (Å²) in [4.78, 5) is 11.8. The molecule has 1 heterocycles. The van der Waals surface area contributed by atoms with Gasteiger partial charge in [-0.15, -0.1) is 0 Å². The molecular formula is C17H22N2O2. The van der Waals surface area contributed by atoms with Gasteiger partial charge in [0.05, 0.1) is 18.3 Å². The Morgan fingerprint density at radius 3 is 2.62 bits per heavy atom. The van der Waals surface area contributed by atoms with E-state index in [-0.39, 0.29) is 11.6 Å². The maximum absolute atomic E-state index is 11.8. The number of aromatic nitrogens is 1. The monoisotopic (exact) mass is 286 g/mol. The van der Waals surface area contributed by atoms with E-state index in [0.717, 1.165) is 24.2 Å². The van der Waals surface area contributed by atoms with Crippen LogP contribution in [0.2, 0.25) is 0 Å². The second-order valence-electron chi connectivity index (χ2n) is 5.01. The zero-order valence-corrected chi connectivity index (χ0v) is 12.6. The molecule has 1 unspecified atom stereocenters. The highest BCUT2D eigenvalue weighted by Crippen LogP contribution is 2.19. The van der Waals surface area contributed by atoms with Gasteiger partial charge in [0.15, 0.2) is 0 Å². The summed E-state index contributed by atoms with van der Waals surface area (Å²) in [5.41, 5.74) is 2.12. The zero-order valence-electron chi connectivity index (χ0n) is 12.6. The molecule has 2 aromatic rings. The average Bonchev–Trinajstić information content (AvgIpc) is 2.51. The van der Waals surface area contributed by atoms with E-state index in [4.69, 9.17) is 4.74 Å². The lowest BCUT2D eigenvalue weighted by atomic mass is 10.1. The fourth-order valence-corrected chi connectivity index (χ4v) is 2.31. The molecule has 4 heteroatoms. The molecular weight excluding hydrogens is 264 g/mol. The van der Waals surface area contributed by atoms with E-state index in [0.29, 0.717) is 6.61 Å². The number of hydrogen-bond donors (Lipinski definition) is 1. The van der Waals surface area contributed by atoms with Gasteiger partial charge in [0.1, 0.15) is 0 Å². The first-order valence-corrected chi connectivity index (χ1v) is 7.25. The number of rotatable bonds is 7. The van der Waals surface area contributed by atoms with Crippen molar-refractivity contribution in [2.45, 2.75) is 25.9 Å². The van der Waals surface area contributed by atoms with Crippen LogP contribution in [0.25, 0.3) is 0 Å². The van der Waals surface area contributed by atoms with Gasteiger partial charge in [0.25, 0.3) is 5.56 Å².